The minimum Gasteiger partial charge on any atom is -0.494 e. The van der Waals surface area contributed by atoms with Crippen molar-refractivity contribution in [2.45, 2.75) is 25.4 Å². The van der Waals surface area contributed by atoms with Gasteiger partial charge in [-0.25, -0.2) is 4.39 Å². The predicted molar refractivity (Wildman–Crippen MR) is 88.5 cm³/mol. The second-order valence-electron chi connectivity index (χ2n) is 5.82. The summed E-state index contributed by atoms with van der Waals surface area (Å²) in [6.07, 6.45) is 2.06. The molecule has 1 fully saturated rings. The number of nitrogens with zero attached hydrogens (tertiary/aromatic N) is 1. The van der Waals surface area contributed by atoms with Gasteiger partial charge < -0.3 is 14.4 Å². The van der Waals surface area contributed by atoms with Gasteiger partial charge in [-0.2, -0.15) is 0 Å². The zero-order chi connectivity index (χ0) is 16.9. The van der Waals surface area contributed by atoms with Crippen LogP contribution in [0.5, 0.6) is 11.5 Å². The van der Waals surface area contributed by atoms with Crippen molar-refractivity contribution in [1.29, 1.82) is 0 Å². The monoisotopic (exact) mass is 329 g/mol. The highest BCUT2D eigenvalue weighted by Crippen LogP contribution is 2.29. The molecule has 0 spiro atoms. The van der Waals surface area contributed by atoms with Gasteiger partial charge in [-0.3, -0.25) is 4.79 Å². The molecule has 0 unspecified atom stereocenters. The van der Waals surface area contributed by atoms with Gasteiger partial charge in [0.25, 0.3) is 5.91 Å². The molecule has 0 radical (unpaired) electrons. The van der Waals surface area contributed by atoms with Crippen molar-refractivity contribution in [3.05, 3.63) is 59.9 Å². The van der Waals surface area contributed by atoms with Crippen molar-refractivity contribution in [3.63, 3.8) is 0 Å². The van der Waals surface area contributed by atoms with E-state index < -0.39 is 5.82 Å². The number of amides is 1. The van der Waals surface area contributed by atoms with Crippen molar-refractivity contribution in [2.75, 3.05) is 13.7 Å². The van der Waals surface area contributed by atoms with Crippen LogP contribution < -0.4 is 9.47 Å². The van der Waals surface area contributed by atoms with Crippen LogP contribution in [0, 0.1) is 5.82 Å². The summed E-state index contributed by atoms with van der Waals surface area (Å²) in [5, 5.41) is 0. The lowest BCUT2D eigenvalue weighted by atomic mass is 10.2. The summed E-state index contributed by atoms with van der Waals surface area (Å²) < 4.78 is 23.8. The SMILES string of the molecule is COc1cc(OCC(=O)N(Cc2ccccc2)C2CC2)ccc1F. The lowest BCUT2D eigenvalue weighted by Gasteiger charge is -2.22. The summed E-state index contributed by atoms with van der Waals surface area (Å²) in [6.45, 7) is 0.512. The van der Waals surface area contributed by atoms with Gasteiger partial charge in [-0.1, -0.05) is 30.3 Å². The number of benzene rings is 2. The van der Waals surface area contributed by atoms with Crippen LogP contribution in [-0.2, 0) is 11.3 Å². The van der Waals surface area contributed by atoms with Crippen LogP contribution in [0.15, 0.2) is 48.5 Å². The summed E-state index contributed by atoms with van der Waals surface area (Å²) in [5.41, 5.74) is 1.10. The fraction of sp³-hybridized carbons (Fsp3) is 0.316. The maximum atomic E-state index is 13.4. The van der Waals surface area contributed by atoms with Gasteiger partial charge >= 0.3 is 0 Å². The molecular weight excluding hydrogens is 309 g/mol. The van der Waals surface area contributed by atoms with Gasteiger partial charge in [-0.05, 0) is 30.5 Å². The molecule has 2 aromatic carbocycles. The van der Waals surface area contributed by atoms with Crippen molar-refractivity contribution < 1.29 is 18.7 Å². The fourth-order valence-electron chi connectivity index (χ4n) is 2.55. The average molecular weight is 329 g/mol. The molecule has 0 heterocycles. The number of hydrogen-bond donors (Lipinski definition) is 0. The third kappa shape index (κ3) is 4.04. The lowest BCUT2D eigenvalue weighted by Crippen LogP contribution is -2.36. The highest BCUT2D eigenvalue weighted by atomic mass is 19.1. The van der Waals surface area contributed by atoms with Crippen LogP contribution in [-0.4, -0.2) is 30.6 Å². The number of ether oxygens (including phenoxy) is 2. The first-order valence-corrected chi connectivity index (χ1v) is 7.97. The summed E-state index contributed by atoms with van der Waals surface area (Å²) in [6, 6.07) is 14.4. The summed E-state index contributed by atoms with van der Waals surface area (Å²) >= 11 is 0. The van der Waals surface area contributed by atoms with E-state index in [0.29, 0.717) is 18.3 Å². The van der Waals surface area contributed by atoms with E-state index >= 15 is 0 Å². The smallest absolute Gasteiger partial charge is 0.261 e. The molecule has 1 aliphatic carbocycles. The maximum absolute atomic E-state index is 13.4. The molecule has 0 N–H and O–H groups in total. The van der Waals surface area contributed by atoms with Crippen LogP contribution in [0.25, 0.3) is 0 Å². The Morgan fingerprint density at radius 2 is 1.96 bits per heavy atom. The van der Waals surface area contributed by atoms with Gasteiger partial charge in [0.05, 0.1) is 7.11 Å². The predicted octanol–water partition coefficient (Wildman–Crippen LogP) is 3.40. The first-order valence-electron chi connectivity index (χ1n) is 7.97. The molecule has 0 saturated heterocycles. The second kappa shape index (κ2) is 7.34. The topological polar surface area (TPSA) is 38.8 Å². The Morgan fingerprint density at radius 3 is 2.62 bits per heavy atom. The Hall–Kier alpha value is -2.56. The molecule has 3 rings (SSSR count). The third-order valence-electron chi connectivity index (χ3n) is 3.99. The number of carbonyl (C=O) groups excluding carboxylic acids is 1. The minimum atomic E-state index is -0.458. The molecule has 2 aromatic rings. The first-order chi connectivity index (χ1) is 11.7. The van der Waals surface area contributed by atoms with Crippen LogP contribution >= 0.6 is 0 Å². The summed E-state index contributed by atoms with van der Waals surface area (Å²) in [4.78, 5) is 14.4. The van der Waals surface area contributed by atoms with E-state index in [1.807, 2.05) is 35.2 Å². The number of rotatable bonds is 7. The summed E-state index contributed by atoms with van der Waals surface area (Å²) in [7, 11) is 1.39. The molecule has 1 saturated carbocycles. The standard InChI is InChI=1S/C19H20FNO3/c1-23-18-11-16(9-10-17(18)20)24-13-19(22)21(15-7-8-15)12-14-5-3-2-4-6-14/h2-6,9-11,15H,7-8,12-13H2,1H3. The highest BCUT2D eigenvalue weighted by Gasteiger charge is 2.32. The van der Waals surface area contributed by atoms with Gasteiger partial charge in [0.1, 0.15) is 5.75 Å². The van der Waals surface area contributed by atoms with E-state index in [2.05, 4.69) is 0 Å². The molecule has 0 aromatic heterocycles. The normalized spacial score (nSPS) is 13.4. The number of methoxy groups -OCH3 is 1. The average Bonchev–Trinajstić information content (AvgIpc) is 3.44. The molecule has 5 heteroatoms. The van der Waals surface area contributed by atoms with Crippen molar-refractivity contribution in [3.8, 4) is 11.5 Å². The summed E-state index contributed by atoms with van der Waals surface area (Å²) in [5.74, 6) is -0.00940. The third-order valence-corrected chi connectivity index (χ3v) is 3.99. The zero-order valence-electron chi connectivity index (χ0n) is 13.6. The Bertz CT molecular complexity index is 701. The fourth-order valence-corrected chi connectivity index (χ4v) is 2.55. The highest BCUT2D eigenvalue weighted by molar-refractivity contribution is 5.78. The molecule has 1 amide bonds. The molecule has 0 bridgehead atoms. The molecule has 1 aliphatic rings. The van der Waals surface area contributed by atoms with E-state index in [1.54, 1.807) is 0 Å². The molecule has 126 valence electrons. The van der Waals surface area contributed by atoms with E-state index in [-0.39, 0.29) is 18.3 Å². The number of carbonyl (C=O) groups is 1. The second-order valence-corrected chi connectivity index (χ2v) is 5.82. The number of halogens is 1. The van der Waals surface area contributed by atoms with Crippen molar-refractivity contribution in [1.82, 2.24) is 4.90 Å². The molecule has 0 atom stereocenters. The van der Waals surface area contributed by atoms with Gasteiger partial charge in [0.2, 0.25) is 0 Å². The molecule has 24 heavy (non-hydrogen) atoms. The van der Waals surface area contributed by atoms with Crippen LogP contribution in [0.3, 0.4) is 0 Å². The van der Waals surface area contributed by atoms with E-state index in [0.717, 1.165) is 18.4 Å². The molecule has 4 nitrogen and oxygen atoms in total. The first kappa shape index (κ1) is 16.3. The molecular formula is C19H20FNO3. The Morgan fingerprint density at radius 1 is 1.21 bits per heavy atom. The van der Waals surface area contributed by atoms with Gasteiger partial charge in [-0.15, -0.1) is 0 Å². The van der Waals surface area contributed by atoms with Crippen molar-refractivity contribution in [2.24, 2.45) is 0 Å². The Balaban J connectivity index is 1.62. The maximum Gasteiger partial charge on any atom is 0.261 e. The quantitative estimate of drug-likeness (QED) is 0.781. The van der Waals surface area contributed by atoms with E-state index in [4.69, 9.17) is 9.47 Å². The van der Waals surface area contributed by atoms with E-state index in [9.17, 15) is 9.18 Å². The Kier molecular flexibility index (Phi) is 4.99. The van der Waals surface area contributed by atoms with Crippen LogP contribution in [0.2, 0.25) is 0 Å². The van der Waals surface area contributed by atoms with Crippen LogP contribution in [0.1, 0.15) is 18.4 Å². The zero-order valence-corrected chi connectivity index (χ0v) is 13.6. The largest absolute Gasteiger partial charge is 0.494 e. The van der Waals surface area contributed by atoms with Gasteiger partial charge in [0, 0.05) is 18.7 Å². The van der Waals surface area contributed by atoms with Gasteiger partial charge in [0.15, 0.2) is 18.2 Å². The van der Waals surface area contributed by atoms with E-state index in [1.165, 1.54) is 25.3 Å². The molecule has 0 aliphatic heterocycles. The van der Waals surface area contributed by atoms with Crippen LogP contribution in [0.4, 0.5) is 4.39 Å². The number of hydrogen-bond acceptors (Lipinski definition) is 3. The lowest BCUT2D eigenvalue weighted by molar-refractivity contribution is -0.134. The van der Waals surface area contributed by atoms with Crippen molar-refractivity contribution >= 4 is 5.91 Å². The Labute approximate surface area is 140 Å². The minimum absolute atomic E-state index is 0.0651.